The van der Waals surface area contributed by atoms with Crippen LogP contribution in [0.3, 0.4) is 0 Å². The quantitative estimate of drug-likeness (QED) is 0.585. The predicted molar refractivity (Wildman–Crippen MR) is 108 cm³/mol. The number of carbonyl (C=O) groups excluding carboxylic acids is 1. The molecule has 148 valence electrons. The number of rotatable bonds is 8. The Morgan fingerprint density at radius 3 is 2.33 bits per heavy atom. The third kappa shape index (κ3) is 5.56. The summed E-state index contributed by atoms with van der Waals surface area (Å²) in [5.41, 5.74) is 0.417. The van der Waals surface area contributed by atoms with E-state index in [1.54, 1.807) is 28.0 Å². The molecule has 8 heteroatoms. The molecule has 1 aliphatic carbocycles. The van der Waals surface area contributed by atoms with Crippen LogP contribution in [0.4, 0.5) is 5.69 Å². The van der Waals surface area contributed by atoms with Crippen molar-refractivity contribution < 1.29 is 19.4 Å². The SMILES string of the molecule is COc1ccc(NC(=S)NC2(CC(=O)N(C)[C@H](C(=O)O)C(C)C)CC2)cc1. The maximum Gasteiger partial charge on any atom is 0.326 e. The molecule has 3 N–H and O–H groups in total. The van der Waals surface area contributed by atoms with Crippen LogP contribution < -0.4 is 15.4 Å². The molecular formula is C19H27N3O4S. The molecule has 1 aromatic rings. The van der Waals surface area contributed by atoms with E-state index in [-0.39, 0.29) is 18.2 Å². The molecule has 1 aliphatic rings. The second-order valence-corrected chi connectivity index (χ2v) is 7.70. The minimum Gasteiger partial charge on any atom is -0.497 e. The minimum absolute atomic E-state index is 0.169. The van der Waals surface area contributed by atoms with Crippen LogP contribution >= 0.6 is 12.2 Å². The number of amides is 1. The van der Waals surface area contributed by atoms with Gasteiger partial charge in [0.15, 0.2) is 5.11 Å². The summed E-state index contributed by atoms with van der Waals surface area (Å²) in [6, 6.07) is 6.53. The number of hydrogen-bond donors (Lipinski definition) is 3. The molecule has 0 heterocycles. The Bertz CT molecular complexity index is 701. The second-order valence-electron chi connectivity index (χ2n) is 7.30. The van der Waals surface area contributed by atoms with E-state index in [9.17, 15) is 14.7 Å². The van der Waals surface area contributed by atoms with Crippen LogP contribution in [-0.2, 0) is 9.59 Å². The minimum atomic E-state index is -0.990. The van der Waals surface area contributed by atoms with Crippen LogP contribution in [-0.4, -0.2) is 52.7 Å². The Morgan fingerprint density at radius 1 is 1.30 bits per heavy atom. The number of anilines is 1. The van der Waals surface area contributed by atoms with Crippen LogP contribution in [0, 0.1) is 5.92 Å². The van der Waals surface area contributed by atoms with Gasteiger partial charge in [0.25, 0.3) is 0 Å². The van der Waals surface area contributed by atoms with Gasteiger partial charge in [-0.05, 0) is 55.2 Å². The largest absolute Gasteiger partial charge is 0.497 e. The number of nitrogens with zero attached hydrogens (tertiary/aromatic N) is 1. The van der Waals surface area contributed by atoms with E-state index < -0.39 is 17.6 Å². The van der Waals surface area contributed by atoms with Crippen molar-refractivity contribution in [3.8, 4) is 5.75 Å². The molecule has 0 saturated heterocycles. The summed E-state index contributed by atoms with van der Waals surface area (Å²) < 4.78 is 5.12. The molecule has 1 amide bonds. The molecule has 1 aromatic carbocycles. The van der Waals surface area contributed by atoms with Crippen molar-refractivity contribution in [3.63, 3.8) is 0 Å². The Kier molecular flexibility index (Phi) is 6.64. The zero-order valence-corrected chi connectivity index (χ0v) is 16.9. The normalized spacial score (nSPS) is 15.6. The average Bonchev–Trinajstić information content (AvgIpc) is 3.33. The smallest absolute Gasteiger partial charge is 0.326 e. The molecule has 0 radical (unpaired) electrons. The summed E-state index contributed by atoms with van der Waals surface area (Å²) in [5, 5.41) is 16.1. The molecule has 0 aliphatic heterocycles. The van der Waals surface area contributed by atoms with Crippen molar-refractivity contribution >= 4 is 34.9 Å². The molecule has 7 nitrogen and oxygen atoms in total. The Hall–Kier alpha value is -2.35. The van der Waals surface area contributed by atoms with E-state index in [0.29, 0.717) is 5.11 Å². The summed E-state index contributed by atoms with van der Waals surface area (Å²) >= 11 is 5.37. The fourth-order valence-corrected chi connectivity index (χ4v) is 3.38. The molecule has 0 aromatic heterocycles. The highest BCUT2D eigenvalue weighted by atomic mass is 32.1. The average molecular weight is 394 g/mol. The standard InChI is InChI=1S/C19H27N3O4S/c1-12(2)16(17(24)25)22(3)15(23)11-19(9-10-19)21-18(27)20-13-5-7-14(26-4)8-6-13/h5-8,12,16H,9-11H2,1-4H3,(H,24,25)(H2,20,21,27)/t16-/m0/s1. The van der Waals surface area contributed by atoms with E-state index in [2.05, 4.69) is 10.6 Å². The zero-order chi connectivity index (χ0) is 20.2. The van der Waals surface area contributed by atoms with Crippen molar-refractivity contribution in [2.24, 2.45) is 5.92 Å². The van der Waals surface area contributed by atoms with Crippen LogP contribution in [0.1, 0.15) is 33.1 Å². The summed E-state index contributed by atoms with van der Waals surface area (Å²) in [5.74, 6) is -0.606. The highest BCUT2D eigenvalue weighted by molar-refractivity contribution is 7.80. The van der Waals surface area contributed by atoms with Gasteiger partial charge in [-0.1, -0.05) is 13.8 Å². The van der Waals surface area contributed by atoms with Crippen molar-refractivity contribution in [1.82, 2.24) is 10.2 Å². The third-order valence-corrected chi connectivity index (χ3v) is 4.97. The molecule has 2 rings (SSSR count). The molecule has 0 bridgehead atoms. The number of likely N-dealkylation sites (N-methyl/N-ethyl adjacent to an activating group) is 1. The van der Waals surface area contributed by atoms with Crippen LogP contribution in [0.2, 0.25) is 0 Å². The number of thiocarbonyl (C=S) groups is 1. The topological polar surface area (TPSA) is 90.9 Å². The zero-order valence-electron chi connectivity index (χ0n) is 16.1. The second kappa shape index (κ2) is 8.56. The van der Waals surface area contributed by atoms with Gasteiger partial charge < -0.3 is 25.4 Å². The van der Waals surface area contributed by atoms with Crippen molar-refractivity contribution in [3.05, 3.63) is 24.3 Å². The summed E-state index contributed by atoms with van der Waals surface area (Å²) in [7, 11) is 3.15. The lowest BCUT2D eigenvalue weighted by Gasteiger charge is -2.29. The molecule has 1 saturated carbocycles. The number of methoxy groups -OCH3 is 1. The van der Waals surface area contributed by atoms with Gasteiger partial charge in [-0.2, -0.15) is 0 Å². The van der Waals surface area contributed by atoms with E-state index in [0.717, 1.165) is 24.3 Å². The van der Waals surface area contributed by atoms with E-state index >= 15 is 0 Å². The highest BCUT2D eigenvalue weighted by Crippen LogP contribution is 2.39. The Morgan fingerprint density at radius 2 is 1.89 bits per heavy atom. The fourth-order valence-electron chi connectivity index (χ4n) is 3.04. The van der Waals surface area contributed by atoms with Crippen molar-refractivity contribution in [2.45, 2.75) is 44.7 Å². The summed E-state index contributed by atoms with van der Waals surface area (Å²) in [4.78, 5) is 25.4. The predicted octanol–water partition coefficient (Wildman–Crippen LogP) is 2.47. The fraction of sp³-hybridized carbons (Fsp3) is 0.526. The molecule has 1 atom stereocenters. The van der Waals surface area contributed by atoms with E-state index in [1.165, 1.54) is 4.90 Å². The molecule has 0 spiro atoms. The van der Waals surface area contributed by atoms with Gasteiger partial charge in [0.2, 0.25) is 5.91 Å². The van der Waals surface area contributed by atoms with Crippen LogP contribution in [0.25, 0.3) is 0 Å². The maximum atomic E-state index is 12.6. The van der Waals surface area contributed by atoms with Gasteiger partial charge in [0.05, 0.1) is 7.11 Å². The first-order valence-corrected chi connectivity index (χ1v) is 9.30. The van der Waals surface area contributed by atoms with Crippen molar-refractivity contribution in [1.29, 1.82) is 0 Å². The number of benzene rings is 1. The Labute approximate surface area is 165 Å². The molecular weight excluding hydrogens is 366 g/mol. The monoisotopic (exact) mass is 393 g/mol. The number of aliphatic carboxylic acids is 1. The number of hydrogen-bond acceptors (Lipinski definition) is 4. The Balaban J connectivity index is 1.93. The lowest BCUT2D eigenvalue weighted by atomic mass is 10.0. The lowest BCUT2D eigenvalue weighted by Crippen LogP contribution is -2.49. The number of carboxylic acids is 1. The molecule has 1 fully saturated rings. The van der Waals surface area contributed by atoms with E-state index in [4.69, 9.17) is 17.0 Å². The first-order chi connectivity index (χ1) is 12.7. The summed E-state index contributed by atoms with van der Waals surface area (Å²) in [6.45, 7) is 3.59. The number of carboxylic acid groups (broad SMARTS) is 1. The maximum absolute atomic E-state index is 12.6. The third-order valence-electron chi connectivity index (χ3n) is 4.76. The lowest BCUT2D eigenvalue weighted by molar-refractivity contribution is -0.151. The van der Waals surface area contributed by atoms with Gasteiger partial charge in [0, 0.05) is 24.7 Å². The van der Waals surface area contributed by atoms with Gasteiger partial charge >= 0.3 is 5.97 Å². The van der Waals surface area contributed by atoms with Crippen molar-refractivity contribution in [2.75, 3.05) is 19.5 Å². The first kappa shape index (κ1) is 21.0. The van der Waals surface area contributed by atoms with Gasteiger partial charge in [-0.25, -0.2) is 4.79 Å². The molecule has 0 unspecified atom stereocenters. The van der Waals surface area contributed by atoms with Gasteiger partial charge in [-0.3, -0.25) is 4.79 Å². The number of carbonyl (C=O) groups is 2. The van der Waals surface area contributed by atoms with Gasteiger partial charge in [0.1, 0.15) is 11.8 Å². The highest BCUT2D eigenvalue weighted by Gasteiger charge is 2.46. The van der Waals surface area contributed by atoms with Gasteiger partial charge in [-0.15, -0.1) is 0 Å². The number of ether oxygens (including phenoxy) is 1. The summed E-state index contributed by atoms with van der Waals surface area (Å²) in [6.07, 6.45) is 1.84. The van der Waals surface area contributed by atoms with Crippen LogP contribution in [0.15, 0.2) is 24.3 Å². The van der Waals surface area contributed by atoms with E-state index in [1.807, 2.05) is 24.3 Å². The number of nitrogens with one attached hydrogen (secondary N) is 2. The first-order valence-electron chi connectivity index (χ1n) is 8.89. The van der Waals surface area contributed by atoms with Crippen LogP contribution in [0.5, 0.6) is 5.75 Å². The molecule has 27 heavy (non-hydrogen) atoms.